The van der Waals surface area contributed by atoms with E-state index in [-0.39, 0.29) is 10.8 Å². The number of ether oxygens (including phenoxy) is 2. The predicted molar refractivity (Wildman–Crippen MR) is 105 cm³/mol. The average molecular weight is 404 g/mol. The highest BCUT2D eigenvalue weighted by molar-refractivity contribution is 7.89. The van der Waals surface area contributed by atoms with Gasteiger partial charge in [-0.1, -0.05) is 18.2 Å². The van der Waals surface area contributed by atoms with Crippen molar-refractivity contribution in [3.05, 3.63) is 59.7 Å². The van der Waals surface area contributed by atoms with Gasteiger partial charge in [-0.15, -0.1) is 0 Å². The van der Waals surface area contributed by atoms with Crippen LogP contribution < -0.4 is 10.1 Å². The lowest BCUT2D eigenvalue weighted by Gasteiger charge is -2.26. The molecule has 0 bridgehead atoms. The Bertz CT molecular complexity index is 906. The Labute approximate surface area is 165 Å². The van der Waals surface area contributed by atoms with Crippen LogP contribution in [0.15, 0.2) is 53.4 Å². The maximum absolute atomic E-state index is 12.8. The monoisotopic (exact) mass is 404 g/mol. The second-order valence-corrected chi connectivity index (χ2v) is 8.24. The van der Waals surface area contributed by atoms with Crippen LogP contribution in [-0.2, 0) is 21.3 Å². The summed E-state index contributed by atoms with van der Waals surface area (Å²) in [6, 6.07) is 13.6. The number of nitrogens with one attached hydrogen (secondary N) is 1. The Balaban J connectivity index is 1.66. The first kappa shape index (κ1) is 20.3. The minimum atomic E-state index is -3.64. The number of morpholine rings is 1. The molecule has 8 heteroatoms. The fraction of sp³-hybridized carbons (Fsp3) is 0.350. The van der Waals surface area contributed by atoms with Crippen LogP contribution in [0, 0.1) is 0 Å². The van der Waals surface area contributed by atoms with E-state index in [0.29, 0.717) is 45.0 Å². The van der Waals surface area contributed by atoms with Gasteiger partial charge in [-0.2, -0.15) is 4.31 Å². The third-order valence-corrected chi connectivity index (χ3v) is 6.29. The van der Waals surface area contributed by atoms with Gasteiger partial charge in [-0.3, -0.25) is 4.79 Å². The van der Waals surface area contributed by atoms with Gasteiger partial charge in [0, 0.05) is 25.2 Å². The number of hydrogen-bond donors (Lipinski definition) is 1. The number of sulfonamides is 1. The summed E-state index contributed by atoms with van der Waals surface area (Å²) in [5.41, 5.74) is 1.23. The standard InChI is InChI=1S/C20H24N2O5S/c1-2-27-18-8-6-16(7-9-18)15-21-20(23)17-4-3-5-19(14-17)28(24,25)22-10-12-26-13-11-22/h3-9,14H,2,10-13,15H2,1H3,(H,21,23). The molecular weight excluding hydrogens is 380 g/mol. The minimum absolute atomic E-state index is 0.114. The predicted octanol–water partition coefficient (Wildman–Crippen LogP) is 2.04. The smallest absolute Gasteiger partial charge is 0.251 e. The third kappa shape index (κ3) is 4.89. The van der Waals surface area contributed by atoms with Gasteiger partial charge >= 0.3 is 0 Å². The molecule has 150 valence electrons. The Kier molecular flexibility index (Phi) is 6.66. The molecule has 0 aliphatic carbocycles. The van der Waals surface area contributed by atoms with E-state index < -0.39 is 10.0 Å². The lowest BCUT2D eigenvalue weighted by molar-refractivity contribution is 0.0730. The Hall–Kier alpha value is -2.42. The van der Waals surface area contributed by atoms with Crippen LogP contribution in [0.2, 0.25) is 0 Å². The van der Waals surface area contributed by atoms with Gasteiger partial charge in [-0.25, -0.2) is 8.42 Å². The van der Waals surface area contributed by atoms with Crippen LogP contribution in [0.5, 0.6) is 5.75 Å². The van der Waals surface area contributed by atoms with Gasteiger partial charge in [-0.05, 0) is 42.8 Å². The van der Waals surface area contributed by atoms with Crippen molar-refractivity contribution in [1.82, 2.24) is 9.62 Å². The first-order chi connectivity index (χ1) is 13.5. The topological polar surface area (TPSA) is 84.9 Å². The van der Waals surface area contributed by atoms with Crippen molar-refractivity contribution in [2.75, 3.05) is 32.9 Å². The van der Waals surface area contributed by atoms with Crippen molar-refractivity contribution in [3.8, 4) is 5.75 Å². The van der Waals surface area contributed by atoms with Gasteiger partial charge in [0.15, 0.2) is 0 Å². The average Bonchev–Trinajstić information content (AvgIpc) is 2.74. The molecule has 1 aliphatic heterocycles. The van der Waals surface area contributed by atoms with Crippen LogP contribution >= 0.6 is 0 Å². The summed E-state index contributed by atoms with van der Waals surface area (Å²) < 4.78 is 37.5. The normalized spacial score (nSPS) is 15.2. The zero-order valence-corrected chi connectivity index (χ0v) is 16.6. The van der Waals surface area contributed by atoms with Crippen LogP contribution in [0.3, 0.4) is 0 Å². The zero-order valence-electron chi connectivity index (χ0n) is 15.8. The molecule has 1 aliphatic rings. The fourth-order valence-corrected chi connectivity index (χ4v) is 4.34. The molecule has 1 saturated heterocycles. The molecule has 3 rings (SSSR count). The summed E-state index contributed by atoms with van der Waals surface area (Å²) >= 11 is 0. The lowest BCUT2D eigenvalue weighted by atomic mass is 10.2. The molecule has 1 amide bonds. The second-order valence-electron chi connectivity index (χ2n) is 6.30. The van der Waals surface area contributed by atoms with E-state index in [1.54, 1.807) is 12.1 Å². The summed E-state index contributed by atoms with van der Waals surface area (Å²) in [5.74, 6) is 0.450. The number of hydrogen-bond acceptors (Lipinski definition) is 5. The minimum Gasteiger partial charge on any atom is -0.494 e. The van der Waals surface area contributed by atoms with E-state index in [1.807, 2.05) is 31.2 Å². The first-order valence-electron chi connectivity index (χ1n) is 9.18. The second kappa shape index (κ2) is 9.18. The van der Waals surface area contributed by atoms with Gasteiger partial charge in [0.05, 0.1) is 24.7 Å². The van der Waals surface area contributed by atoms with Crippen molar-refractivity contribution in [3.63, 3.8) is 0 Å². The van der Waals surface area contributed by atoms with Crippen LogP contribution in [0.1, 0.15) is 22.8 Å². The zero-order chi connectivity index (χ0) is 20.0. The van der Waals surface area contributed by atoms with Crippen molar-refractivity contribution in [2.24, 2.45) is 0 Å². The summed E-state index contributed by atoms with van der Waals surface area (Å²) in [7, 11) is -3.64. The molecule has 28 heavy (non-hydrogen) atoms. The van der Waals surface area contributed by atoms with E-state index in [9.17, 15) is 13.2 Å². The molecule has 1 N–H and O–H groups in total. The number of benzene rings is 2. The molecule has 0 unspecified atom stereocenters. The van der Waals surface area contributed by atoms with Crippen molar-refractivity contribution >= 4 is 15.9 Å². The number of nitrogens with zero attached hydrogens (tertiary/aromatic N) is 1. The molecule has 7 nitrogen and oxygen atoms in total. The highest BCUT2D eigenvalue weighted by Gasteiger charge is 2.26. The molecule has 0 radical (unpaired) electrons. The SMILES string of the molecule is CCOc1ccc(CNC(=O)c2cccc(S(=O)(=O)N3CCOCC3)c2)cc1. The maximum atomic E-state index is 12.8. The van der Waals surface area contributed by atoms with Gasteiger partial charge in [0.1, 0.15) is 5.75 Å². The number of carbonyl (C=O) groups excluding carboxylic acids is 1. The fourth-order valence-electron chi connectivity index (χ4n) is 2.89. The largest absolute Gasteiger partial charge is 0.494 e. The van der Waals surface area contributed by atoms with Crippen LogP contribution in [0.25, 0.3) is 0 Å². The Morgan fingerprint density at radius 1 is 1.14 bits per heavy atom. The summed E-state index contributed by atoms with van der Waals surface area (Å²) in [6.45, 7) is 4.24. The molecule has 0 aromatic heterocycles. The summed E-state index contributed by atoms with van der Waals surface area (Å²) in [5, 5.41) is 2.82. The molecule has 1 heterocycles. The van der Waals surface area contributed by atoms with Crippen molar-refractivity contribution in [1.29, 1.82) is 0 Å². The van der Waals surface area contributed by atoms with Crippen LogP contribution in [0.4, 0.5) is 0 Å². The van der Waals surface area contributed by atoms with Crippen molar-refractivity contribution < 1.29 is 22.7 Å². The lowest BCUT2D eigenvalue weighted by Crippen LogP contribution is -2.40. The maximum Gasteiger partial charge on any atom is 0.251 e. The Morgan fingerprint density at radius 3 is 2.54 bits per heavy atom. The van der Waals surface area contributed by atoms with Gasteiger partial charge in [0.25, 0.3) is 5.91 Å². The van der Waals surface area contributed by atoms with Crippen molar-refractivity contribution in [2.45, 2.75) is 18.4 Å². The highest BCUT2D eigenvalue weighted by atomic mass is 32.2. The van der Waals surface area contributed by atoms with E-state index in [1.165, 1.54) is 16.4 Å². The molecule has 0 saturated carbocycles. The van der Waals surface area contributed by atoms with Crippen LogP contribution in [-0.4, -0.2) is 51.5 Å². The van der Waals surface area contributed by atoms with Gasteiger partial charge in [0.2, 0.25) is 10.0 Å². The van der Waals surface area contributed by atoms with E-state index >= 15 is 0 Å². The molecule has 1 fully saturated rings. The quantitative estimate of drug-likeness (QED) is 0.763. The van der Waals surface area contributed by atoms with E-state index in [0.717, 1.165) is 11.3 Å². The summed E-state index contributed by atoms with van der Waals surface area (Å²) in [6.07, 6.45) is 0. The number of amides is 1. The summed E-state index contributed by atoms with van der Waals surface area (Å²) in [4.78, 5) is 12.6. The molecular formula is C20H24N2O5S. The first-order valence-corrected chi connectivity index (χ1v) is 10.6. The Morgan fingerprint density at radius 2 is 1.86 bits per heavy atom. The van der Waals surface area contributed by atoms with Gasteiger partial charge < -0.3 is 14.8 Å². The number of carbonyl (C=O) groups is 1. The highest BCUT2D eigenvalue weighted by Crippen LogP contribution is 2.18. The molecule has 0 atom stereocenters. The molecule has 2 aromatic carbocycles. The molecule has 2 aromatic rings. The van der Waals surface area contributed by atoms with E-state index in [2.05, 4.69) is 5.32 Å². The molecule has 0 spiro atoms. The third-order valence-electron chi connectivity index (χ3n) is 4.39. The van der Waals surface area contributed by atoms with E-state index in [4.69, 9.17) is 9.47 Å². The number of rotatable bonds is 7.